The molecular formula is C23H35N5O7. The van der Waals surface area contributed by atoms with Crippen molar-refractivity contribution >= 4 is 29.7 Å². The molecule has 0 aliphatic carbocycles. The van der Waals surface area contributed by atoms with Crippen LogP contribution in [0.3, 0.4) is 0 Å². The van der Waals surface area contributed by atoms with Crippen LogP contribution in [0.1, 0.15) is 44.6 Å². The molecule has 1 aromatic carbocycles. The highest BCUT2D eigenvalue weighted by Crippen LogP contribution is 2.08. The van der Waals surface area contributed by atoms with Gasteiger partial charge in [0.2, 0.25) is 17.7 Å². The van der Waals surface area contributed by atoms with E-state index in [1.54, 1.807) is 30.3 Å². The molecule has 0 saturated carbocycles. The predicted molar refractivity (Wildman–Crippen MR) is 127 cm³/mol. The summed E-state index contributed by atoms with van der Waals surface area (Å²) < 4.78 is 0. The number of carboxylic acid groups (broad SMARTS) is 2. The van der Waals surface area contributed by atoms with Gasteiger partial charge in [0.05, 0.1) is 6.04 Å². The van der Waals surface area contributed by atoms with Gasteiger partial charge in [0.25, 0.3) is 0 Å². The van der Waals surface area contributed by atoms with E-state index in [0.29, 0.717) is 19.4 Å². The Bertz CT molecular complexity index is 863. The molecule has 0 spiro atoms. The van der Waals surface area contributed by atoms with Gasteiger partial charge in [-0.3, -0.25) is 19.2 Å². The molecule has 194 valence electrons. The van der Waals surface area contributed by atoms with Gasteiger partial charge in [-0.25, -0.2) is 4.79 Å². The van der Waals surface area contributed by atoms with Crippen molar-refractivity contribution < 1.29 is 34.2 Å². The molecule has 0 heterocycles. The molecule has 12 nitrogen and oxygen atoms in total. The molecule has 0 aromatic heterocycles. The lowest BCUT2D eigenvalue weighted by atomic mass is 10.0. The minimum absolute atomic E-state index is 0.138. The smallest absolute Gasteiger partial charge is 0.326 e. The van der Waals surface area contributed by atoms with Crippen LogP contribution in [0.4, 0.5) is 0 Å². The Balaban J connectivity index is 3.04. The summed E-state index contributed by atoms with van der Waals surface area (Å²) in [5.74, 6) is -4.56. The van der Waals surface area contributed by atoms with Gasteiger partial charge in [0.1, 0.15) is 18.1 Å². The fraction of sp³-hybridized carbons (Fsp3) is 0.522. The largest absolute Gasteiger partial charge is 0.481 e. The summed E-state index contributed by atoms with van der Waals surface area (Å²) in [7, 11) is 0. The molecule has 1 rings (SSSR count). The molecule has 35 heavy (non-hydrogen) atoms. The number of unbranched alkanes of at least 4 members (excludes halogenated alkanes) is 1. The van der Waals surface area contributed by atoms with Crippen LogP contribution in [0.15, 0.2) is 30.3 Å². The number of hydrogen-bond donors (Lipinski definition) is 7. The first-order valence-corrected chi connectivity index (χ1v) is 11.4. The van der Waals surface area contributed by atoms with Crippen LogP contribution in [0.5, 0.6) is 0 Å². The third kappa shape index (κ3) is 11.5. The highest BCUT2D eigenvalue weighted by molar-refractivity contribution is 5.94. The fourth-order valence-corrected chi connectivity index (χ4v) is 3.19. The maximum Gasteiger partial charge on any atom is 0.326 e. The Morgan fingerprint density at radius 1 is 0.829 bits per heavy atom. The molecule has 0 fully saturated rings. The Hall–Kier alpha value is -3.51. The van der Waals surface area contributed by atoms with Crippen LogP contribution in [0.25, 0.3) is 0 Å². The summed E-state index contributed by atoms with van der Waals surface area (Å²) >= 11 is 0. The standard InChI is InChI=1S/C23H35N5O7/c1-14(25)20(31)28-18(13-15-7-3-2-4-8-15)22(33)26-16(9-5-6-12-24)21(32)27-17(23(34)35)10-11-19(29)30/h2-4,7-8,14,16-18H,5-6,9-13,24-25H2,1H3,(H,26,33)(H,27,32)(H,28,31)(H,29,30)(H,34,35). The Morgan fingerprint density at radius 3 is 1.94 bits per heavy atom. The van der Waals surface area contributed by atoms with E-state index < -0.39 is 60.2 Å². The quantitative estimate of drug-likeness (QED) is 0.142. The molecule has 0 saturated heterocycles. The van der Waals surface area contributed by atoms with Crippen LogP contribution < -0.4 is 27.4 Å². The Morgan fingerprint density at radius 2 is 1.40 bits per heavy atom. The van der Waals surface area contributed by atoms with E-state index in [1.807, 2.05) is 0 Å². The summed E-state index contributed by atoms with van der Waals surface area (Å²) in [5.41, 5.74) is 11.9. The van der Waals surface area contributed by atoms with E-state index in [1.165, 1.54) is 6.92 Å². The zero-order valence-electron chi connectivity index (χ0n) is 19.7. The molecule has 3 amide bonds. The average molecular weight is 494 g/mol. The van der Waals surface area contributed by atoms with Gasteiger partial charge >= 0.3 is 11.9 Å². The van der Waals surface area contributed by atoms with Gasteiger partial charge in [-0.15, -0.1) is 0 Å². The van der Waals surface area contributed by atoms with Gasteiger partial charge in [-0.2, -0.15) is 0 Å². The molecule has 1 aromatic rings. The summed E-state index contributed by atoms with van der Waals surface area (Å²) in [6.07, 6.45) is 0.565. The van der Waals surface area contributed by atoms with Crippen LogP contribution >= 0.6 is 0 Å². The molecule has 0 aliphatic heterocycles. The van der Waals surface area contributed by atoms with Crippen molar-refractivity contribution in [2.45, 2.75) is 69.6 Å². The number of hydrogen-bond acceptors (Lipinski definition) is 7. The van der Waals surface area contributed by atoms with E-state index in [2.05, 4.69) is 16.0 Å². The number of benzene rings is 1. The number of nitrogens with two attached hydrogens (primary N) is 2. The first kappa shape index (κ1) is 29.5. The van der Waals surface area contributed by atoms with Gasteiger partial charge in [-0.1, -0.05) is 30.3 Å². The molecule has 9 N–H and O–H groups in total. The second-order valence-corrected chi connectivity index (χ2v) is 8.22. The zero-order chi connectivity index (χ0) is 26.4. The highest BCUT2D eigenvalue weighted by atomic mass is 16.4. The van der Waals surface area contributed by atoms with Crippen LogP contribution in [-0.2, 0) is 30.4 Å². The first-order chi connectivity index (χ1) is 16.5. The van der Waals surface area contributed by atoms with Crippen molar-refractivity contribution in [2.24, 2.45) is 11.5 Å². The first-order valence-electron chi connectivity index (χ1n) is 11.4. The monoisotopic (exact) mass is 493 g/mol. The molecule has 4 unspecified atom stereocenters. The number of rotatable bonds is 16. The maximum absolute atomic E-state index is 13.1. The van der Waals surface area contributed by atoms with E-state index >= 15 is 0 Å². The number of carboxylic acids is 2. The van der Waals surface area contributed by atoms with Crippen LogP contribution in [-0.4, -0.2) is 70.6 Å². The van der Waals surface area contributed by atoms with Gasteiger partial charge in [-0.05, 0) is 44.7 Å². The zero-order valence-corrected chi connectivity index (χ0v) is 19.7. The normalized spacial score (nSPS) is 14.1. The van der Waals surface area contributed by atoms with Crippen molar-refractivity contribution in [1.29, 1.82) is 0 Å². The van der Waals surface area contributed by atoms with E-state index in [4.69, 9.17) is 16.6 Å². The minimum atomic E-state index is -1.44. The summed E-state index contributed by atoms with van der Waals surface area (Å²) in [6, 6.07) is 4.47. The van der Waals surface area contributed by atoms with E-state index in [-0.39, 0.29) is 19.3 Å². The number of carbonyl (C=O) groups is 5. The van der Waals surface area contributed by atoms with E-state index in [0.717, 1.165) is 5.56 Å². The molecule has 0 radical (unpaired) electrons. The summed E-state index contributed by atoms with van der Waals surface area (Å²) in [6.45, 7) is 1.83. The second-order valence-electron chi connectivity index (χ2n) is 8.22. The third-order valence-corrected chi connectivity index (χ3v) is 5.17. The number of amides is 3. The minimum Gasteiger partial charge on any atom is -0.481 e. The van der Waals surface area contributed by atoms with Crippen LogP contribution in [0, 0.1) is 0 Å². The van der Waals surface area contributed by atoms with Crippen molar-refractivity contribution in [1.82, 2.24) is 16.0 Å². The second kappa shape index (κ2) is 15.4. The highest BCUT2D eigenvalue weighted by Gasteiger charge is 2.30. The number of aliphatic carboxylic acids is 2. The third-order valence-electron chi connectivity index (χ3n) is 5.17. The van der Waals surface area contributed by atoms with Crippen molar-refractivity contribution in [3.63, 3.8) is 0 Å². The van der Waals surface area contributed by atoms with Gasteiger partial charge in [0, 0.05) is 12.8 Å². The average Bonchev–Trinajstić information content (AvgIpc) is 2.80. The number of nitrogens with one attached hydrogen (secondary N) is 3. The van der Waals surface area contributed by atoms with Crippen molar-refractivity contribution in [3.05, 3.63) is 35.9 Å². The van der Waals surface area contributed by atoms with Gasteiger partial charge in [0.15, 0.2) is 0 Å². The Labute approximate surface area is 203 Å². The molecule has 4 atom stereocenters. The predicted octanol–water partition coefficient (Wildman–Crippen LogP) is -0.891. The summed E-state index contributed by atoms with van der Waals surface area (Å²) in [5, 5.41) is 25.6. The van der Waals surface area contributed by atoms with Crippen molar-refractivity contribution in [3.8, 4) is 0 Å². The maximum atomic E-state index is 13.1. The lowest BCUT2D eigenvalue weighted by Gasteiger charge is -2.25. The lowest BCUT2D eigenvalue weighted by Crippen LogP contribution is -2.57. The molecular weight excluding hydrogens is 458 g/mol. The van der Waals surface area contributed by atoms with Gasteiger partial charge < -0.3 is 37.6 Å². The molecule has 0 bridgehead atoms. The van der Waals surface area contributed by atoms with E-state index in [9.17, 15) is 29.1 Å². The fourth-order valence-electron chi connectivity index (χ4n) is 3.19. The van der Waals surface area contributed by atoms with Crippen LogP contribution in [0.2, 0.25) is 0 Å². The molecule has 0 aliphatic rings. The lowest BCUT2D eigenvalue weighted by molar-refractivity contribution is -0.143. The topological polar surface area (TPSA) is 214 Å². The number of carbonyl (C=O) groups excluding carboxylic acids is 3. The summed E-state index contributed by atoms with van der Waals surface area (Å²) in [4.78, 5) is 60.5. The SMILES string of the molecule is CC(N)C(=O)NC(Cc1ccccc1)C(=O)NC(CCCCN)C(=O)NC(CCC(=O)O)C(=O)O. The van der Waals surface area contributed by atoms with Crippen molar-refractivity contribution in [2.75, 3.05) is 6.54 Å². The Kier molecular flexibility index (Phi) is 13.0. The molecule has 12 heteroatoms.